The van der Waals surface area contributed by atoms with Crippen molar-refractivity contribution in [3.05, 3.63) is 131 Å². The Bertz CT molecular complexity index is 1860. The Morgan fingerprint density at radius 1 is 1.02 bits per heavy atom. The second-order valence-electron chi connectivity index (χ2n) is 8.78. The molecule has 10 nitrogen and oxygen atoms in total. The van der Waals surface area contributed by atoms with Gasteiger partial charge in [0.25, 0.3) is 17.2 Å². The maximum atomic E-state index is 14.0. The van der Waals surface area contributed by atoms with Gasteiger partial charge in [-0.3, -0.25) is 24.3 Å². The molecular formula is C29H22N4O6S. The van der Waals surface area contributed by atoms with Crippen LogP contribution in [0, 0.1) is 10.1 Å². The lowest BCUT2D eigenvalue weighted by molar-refractivity contribution is -0.384. The number of ether oxygens (including phenoxy) is 1. The predicted octanol–water partition coefficient (Wildman–Crippen LogP) is 2.53. The number of aromatic nitrogens is 1. The van der Waals surface area contributed by atoms with Crippen molar-refractivity contribution < 1.29 is 19.2 Å². The number of anilines is 1. The number of nitro groups is 1. The topological polar surface area (TPSA) is 147 Å². The number of nitro benzene ring substituents is 1. The molecule has 4 aromatic rings. The van der Waals surface area contributed by atoms with Crippen LogP contribution in [0.3, 0.4) is 0 Å². The van der Waals surface area contributed by atoms with Crippen LogP contribution >= 0.6 is 11.3 Å². The monoisotopic (exact) mass is 554 g/mol. The van der Waals surface area contributed by atoms with E-state index in [-0.39, 0.29) is 33.0 Å². The van der Waals surface area contributed by atoms with E-state index in [4.69, 9.17) is 10.5 Å². The Labute approximate surface area is 231 Å². The minimum atomic E-state index is -0.991. The number of nitrogens with two attached hydrogens (primary N) is 1. The molecule has 0 aliphatic carbocycles. The van der Waals surface area contributed by atoms with Crippen molar-refractivity contribution in [1.82, 2.24) is 4.57 Å². The van der Waals surface area contributed by atoms with Gasteiger partial charge in [0.1, 0.15) is 10.5 Å². The van der Waals surface area contributed by atoms with Gasteiger partial charge in [0.15, 0.2) is 0 Å². The Hall–Kier alpha value is -5.29. The van der Waals surface area contributed by atoms with E-state index in [0.717, 1.165) is 21.5 Å². The summed E-state index contributed by atoms with van der Waals surface area (Å²) >= 11 is 1.06. The number of hydrogen-bond acceptors (Lipinski definition) is 8. The summed E-state index contributed by atoms with van der Waals surface area (Å²) in [4.78, 5) is 51.5. The molecule has 40 heavy (non-hydrogen) atoms. The molecule has 3 aromatic carbocycles. The number of methoxy groups -OCH3 is 1. The highest BCUT2D eigenvalue weighted by molar-refractivity contribution is 7.07. The lowest BCUT2D eigenvalue weighted by Gasteiger charge is -2.27. The molecule has 0 saturated heterocycles. The number of fused-ring (bicyclic) bond motifs is 1. The fourth-order valence-electron chi connectivity index (χ4n) is 4.55. The number of hydrogen-bond donors (Lipinski definition) is 2. The molecular weight excluding hydrogens is 532 g/mol. The van der Waals surface area contributed by atoms with E-state index in [1.54, 1.807) is 36.4 Å². The van der Waals surface area contributed by atoms with Crippen molar-refractivity contribution in [3.63, 3.8) is 0 Å². The summed E-state index contributed by atoms with van der Waals surface area (Å²) in [6.45, 7) is 0. The average Bonchev–Trinajstić information content (AvgIpc) is 3.28. The molecule has 1 aromatic heterocycles. The molecule has 0 bridgehead atoms. The van der Waals surface area contributed by atoms with Gasteiger partial charge in [0, 0.05) is 17.8 Å². The van der Waals surface area contributed by atoms with Crippen molar-refractivity contribution >= 4 is 52.1 Å². The zero-order chi connectivity index (χ0) is 28.4. The van der Waals surface area contributed by atoms with E-state index in [2.05, 4.69) is 5.32 Å². The van der Waals surface area contributed by atoms with Gasteiger partial charge in [-0.05, 0) is 23.3 Å². The van der Waals surface area contributed by atoms with E-state index in [1.165, 1.54) is 31.4 Å². The van der Waals surface area contributed by atoms with E-state index >= 15 is 0 Å². The SMILES string of the molecule is COC(=O)C1=C(N)n2c(s/c(=C\c3ccccc3)c2=O)=C(C(=O)Nc2cccc([N+](=O)[O-])c2)C1c1ccccc1. The first kappa shape index (κ1) is 26.3. The molecule has 1 aliphatic rings. The summed E-state index contributed by atoms with van der Waals surface area (Å²) in [7, 11) is 1.19. The summed E-state index contributed by atoms with van der Waals surface area (Å²) in [5.41, 5.74) is 7.26. The molecule has 5 rings (SSSR count). The molecule has 0 saturated carbocycles. The molecule has 0 radical (unpaired) electrons. The minimum Gasteiger partial charge on any atom is -0.466 e. The molecule has 11 heteroatoms. The van der Waals surface area contributed by atoms with Crippen molar-refractivity contribution in [2.24, 2.45) is 5.73 Å². The van der Waals surface area contributed by atoms with E-state index in [9.17, 15) is 24.5 Å². The van der Waals surface area contributed by atoms with Gasteiger partial charge >= 0.3 is 5.97 Å². The van der Waals surface area contributed by atoms with Crippen LogP contribution in [0.25, 0.3) is 17.5 Å². The molecule has 2 heterocycles. The first-order valence-electron chi connectivity index (χ1n) is 12.0. The second kappa shape index (κ2) is 10.8. The normalized spacial score (nSPS) is 15.0. The van der Waals surface area contributed by atoms with Crippen molar-refractivity contribution in [2.45, 2.75) is 5.92 Å². The summed E-state index contributed by atoms with van der Waals surface area (Å²) in [6.07, 6.45) is 1.68. The van der Waals surface area contributed by atoms with Crippen molar-refractivity contribution in [3.8, 4) is 0 Å². The van der Waals surface area contributed by atoms with Crippen LogP contribution in [0.2, 0.25) is 0 Å². The molecule has 0 fully saturated rings. The van der Waals surface area contributed by atoms with Crippen molar-refractivity contribution in [1.29, 1.82) is 0 Å². The fourth-order valence-corrected chi connectivity index (χ4v) is 5.73. The zero-order valence-corrected chi connectivity index (χ0v) is 21.9. The maximum Gasteiger partial charge on any atom is 0.338 e. The van der Waals surface area contributed by atoms with Crippen molar-refractivity contribution in [2.75, 3.05) is 12.4 Å². The van der Waals surface area contributed by atoms with Crippen LogP contribution in [0.1, 0.15) is 17.0 Å². The van der Waals surface area contributed by atoms with Gasteiger partial charge in [-0.25, -0.2) is 4.79 Å². The number of thiazole rings is 1. The molecule has 1 amide bonds. The third-order valence-electron chi connectivity index (χ3n) is 6.34. The number of benzene rings is 3. The van der Waals surface area contributed by atoms with Gasteiger partial charge in [-0.15, -0.1) is 11.3 Å². The van der Waals surface area contributed by atoms with Gasteiger partial charge in [0.2, 0.25) is 0 Å². The largest absolute Gasteiger partial charge is 0.466 e. The highest BCUT2D eigenvalue weighted by Gasteiger charge is 2.39. The smallest absolute Gasteiger partial charge is 0.338 e. The Morgan fingerprint density at radius 2 is 1.70 bits per heavy atom. The number of nitrogens with zero attached hydrogens (tertiary/aromatic N) is 2. The summed E-state index contributed by atoms with van der Waals surface area (Å²) in [5.74, 6) is -2.60. The van der Waals surface area contributed by atoms with E-state index < -0.39 is 28.3 Å². The third-order valence-corrected chi connectivity index (χ3v) is 7.45. The lowest BCUT2D eigenvalue weighted by Crippen LogP contribution is -2.42. The number of rotatable bonds is 6. The predicted molar refractivity (Wildman–Crippen MR) is 152 cm³/mol. The van der Waals surface area contributed by atoms with Crippen LogP contribution in [-0.2, 0) is 14.3 Å². The second-order valence-corrected chi connectivity index (χ2v) is 9.81. The molecule has 0 spiro atoms. The van der Waals surface area contributed by atoms with E-state index in [0.29, 0.717) is 10.1 Å². The van der Waals surface area contributed by atoms with Gasteiger partial charge in [0.05, 0.1) is 33.6 Å². The molecule has 1 unspecified atom stereocenters. The molecule has 3 N–H and O–H groups in total. The molecule has 1 atom stereocenters. The van der Waals surface area contributed by atoms with Gasteiger partial charge in [-0.2, -0.15) is 0 Å². The van der Waals surface area contributed by atoms with Crippen LogP contribution in [-0.4, -0.2) is 28.5 Å². The van der Waals surface area contributed by atoms with Crippen LogP contribution < -0.4 is 25.8 Å². The quantitative estimate of drug-likeness (QED) is 0.212. The fraction of sp³-hybridized carbons (Fsp3) is 0.0690. The highest BCUT2D eigenvalue weighted by Crippen LogP contribution is 2.37. The van der Waals surface area contributed by atoms with Gasteiger partial charge in [-0.1, -0.05) is 66.7 Å². The number of amides is 1. The van der Waals surface area contributed by atoms with E-state index in [1.807, 2.05) is 30.3 Å². The first-order valence-corrected chi connectivity index (χ1v) is 12.8. The number of non-ortho nitro benzene ring substituents is 1. The minimum absolute atomic E-state index is 0.0714. The standard InChI is InChI=1S/C29H22N4O6S/c1-39-29(36)23-22(18-11-6-3-7-12-18)24(26(34)31-19-13-8-14-20(16-19)33(37)38)28-32(25(23)30)27(35)21(40-28)15-17-9-4-2-5-10-17/h2-16,22H,30H2,1H3,(H,31,34)/b21-15-. The summed E-state index contributed by atoms with van der Waals surface area (Å²) < 4.78 is 6.71. The highest BCUT2D eigenvalue weighted by atomic mass is 32.1. The number of nitrogens with one attached hydrogen (secondary N) is 1. The van der Waals surface area contributed by atoms with Crippen LogP contribution in [0.5, 0.6) is 0 Å². The maximum absolute atomic E-state index is 14.0. The van der Waals surface area contributed by atoms with Crippen LogP contribution in [0.4, 0.5) is 11.4 Å². The first-order chi connectivity index (χ1) is 19.3. The Kier molecular flexibility index (Phi) is 7.13. The third kappa shape index (κ3) is 4.81. The number of esters is 1. The number of carbonyl (C=O) groups is 2. The summed E-state index contributed by atoms with van der Waals surface area (Å²) in [5, 5.41) is 14.0. The Morgan fingerprint density at radius 3 is 2.35 bits per heavy atom. The summed E-state index contributed by atoms with van der Waals surface area (Å²) in [6, 6.07) is 23.4. The zero-order valence-electron chi connectivity index (χ0n) is 21.1. The van der Waals surface area contributed by atoms with Crippen LogP contribution in [0.15, 0.2) is 95.3 Å². The average molecular weight is 555 g/mol. The molecule has 200 valence electrons. The Balaban J connectivity index is 1.81. The number of carbonyl (C=O) groups excluding carboxylic acids is 2. The van der Waals surface area contributed by atoms with Gasteiger partial charge < -0.3 is 15.8 Å². The molecule has 1 aliphatic heterocycles. The lowest BCUT2D eigenvalue weighted by atomic mass is 9.83.